The van der Waals surface area contributed by atoms with Crippen molar-refractivity contribution in [2.45, 2.75) is 6.92 Å². The summed E-state index contributed by atoms with van der Waals surface area (Å²) < 4.78 is 6.54. The van der Waals surface area contributed by atoms with Gasteiger partial charge in [0, 0.05) is 36.2 Å². The van der Waals surface area contributed by atoms with Gasteiger partial charge in [-0.2, -0.15) is 25.3 Å². The Morgan fingerprint density at radius 1 is 1.33 bits per heavy atom. The van der Waals surface area contributed by atoms with Crippen LogP contribution in [0, 0.1) is 6.92 Å². The minimum Gasteiger partial charge on any atom is -0.439 e. The van der Waals surface area contributed by atoms with E-state index in [1.807, 2.05) is 17.2 Å². The Morgan fingerprint density at radius 3 is 2.61 bits per heavy atom. The Morgan fingerprint density at radius 2 is 2.00 bits per heavy atom. The van der Waals surface area contributed by atoms with Crippen LogP contribution in [0.1, 0.15) is 5.56 Å². The first-order chi connectivity index (χ1) is 8.67. The molecular weight excluding hydrogens is 286 g/mol. The zero-order valence-corrected chi connectivity index (χ0v) is 12.7. The first kappa shape index (κ1) is 13.8. The SMILES string of the molecule is Cc1csc2c(=O)cc(N(CCS)CCS)oc12. The first-order valence-corrected chi connectivity index (χ1v) is 7.80. The summed E-state index contributed by atoms with van der Waals surface area (Å²) in [6, 6.07) is 1.56. The molecule has 0 aromatic carbocycles. The van der Waals surface area contributed by atoms with E-state index in [-0.39, 0.29) is 5.43 Å². The van der Waals surface area contributed by atoms with Crippen molar-refractivity contribution in [3.05, 3.63) is 27.2 Å². The minimum absolute atomic E-state index is 0.0210. The summed E-state index contributed by atoms with van der Waals surface area (Å²) in [5.41, 5.74) is 1.73. The highest BCUT2D eigenvalue weighted by molar-refractivity contribution is 7.80. The van der Waals surface area contributed by atoms with Gasteiger partial charge in [-0.1, -0.05) is 0 Å². The molecule has 0 saturated carbocycles. The van der Waals surface area contributed by atoms with E-state index in [1.165, 1.54) is 11.3 Å². The molecule has 0 aliphatic rings. The number of thiol groups is 2. The largest absolute Gasteiger partial charge is 0.439 e. The molecule has 0 bridgehead atoms. The Hall–Kier alpha value is -0.590. The average molecular weight is 301 g/mol. The lowest BCUT2D eigenvalue weighted by atomic mass is 10.3. The van der Waals surface area contributed by atoms with Crippen LogP contribution in [-0.4, -0.2) is 24.6 Å². The fourth-order valence-electron chi connectivity index (χ4n) is 1.77. The van der Waals surface area contributed by atoms with Gasteiger partial charge in [0.15, 0.2) is 11.5 Å². The summed E-state index contributed by atoms with van der Waals surface area (Å²) in [5, 5.41) is 1.95. The van der Waals surface area contributed by atoms with Crippen LogP contribution >= 0.6 is 36.6 Å². The van der Waals surface area contributed by atoms with Crippen molar-refractivity contribution >= 4 is 52.8 Å². The maximum absolute atomic E-state index is 12.0. The molecule has 0 N–H and O–H groups in total. The lowest BCUT2D eigenvalue weighted by molar-refractivity contribution is 0.579. The standard InChI is InChI=1S/C12H15NO2S3/c1-8-7-18-12-9(14)6-10(15-11(8)12)13(2-4-16)3-5-17/h6-7,16-17H,2-5H2,1H3. The van der Waals surface area contributed by atoms with E-state index in [0.717, 1.165) is 18.7 Å². The second kappa shape index (κ2) is 6.04. The molecule has 0 saturated heterocycles. The molecule has 18 heavy (non-hydrogen) atoms. The molecule has 6 heteroatoms. The monoisotopic (exact) mass is 301 g/mol. The van der Waals surface area contributed by atoms with E-state index in [0.29, 0.717) is 27.7 Å². The van der Waals surface area contributed by atoms with E-state index >= 15 is 0 Å². The van der Waals surface area contributed by atoms with Crippen LogP contribution in [-0.2, 0) is 0 Å². The Bertz CT molecular complexity index is 585. The lowest BCUT2D eigenvalue weighted by Gasteiger charge is -2.21. The van der Waals surface area contributed by atoms with Gasteiger partial charge in [0.2, 0.25) is 5.43 Å². The van der Waals surface area contributed by atoms with Crippen molar-refractivity contribution in [1.29, 1.82) is 0 Å². The number of hydrogen-bond acceptors (Lipinski definition) is 6. The van der Waals surface area contributed by atoms with Crippen LogP contribution in [0.15, 0.2) is 20.7 Å². The maximum Gasteiger partial charge on any atom is 0.204 e. The van der Waals surface area contributed by atoms with Crippen LogP contribution in [0.3, 0.4) is 0 Å². The summed E-state index contributed by atoms with van der Waals surface area (Å²) >= 11 is 9.88. The molecule has 0 amide bonds. The third-order valence-electron chi connectivity index (χ3n) is 2.65. The number of hydrogen-bond donors (Lipinski definition) is 2. The van der Waals surface area contributed by atoms with Gasteiger partial charge in [0.25, 0.3) is 0 Å². The fraction of sp³-hybridized carbons (Fsp3) is 0.417. The molecule has 0 aliphatic heterocycles. The highest BCUT2D eigenvalue weighted by Crippen LogP contribution is 2.26. The second-order valence-corrected chi connectivity index (χ2v) is 5.73. The second-order valence-electron chi connectivity index (χ2n) is 3.96. The van der Waals surface area contributed by atoms with Gasteiger partial charge in [-0.3, -0.25) is 4.79 Å². The molecular formula is C12H15NO2S3. The smallest absolute Gasteiger partial charge is 0.204 e. The van der Waals surface area contributed by atoms with Crippen molar-refractivity contribution in [2.24, 2.45) is 0 Å². The van der Waals surface area contributed by atoms with E-state index < -0.39 is 0 Å². The predicted molar refractivity (Wildman–Crippen MR) is 85.0 cm³/mol. The molecule has 0 fully saturated rings. The van der Waals surface area contributed by atoms with Gasteiger partial charge in [-0.15, -0.1) is 11.3 Å². The predicted octanol–water partition coefficient (Wildman–Crippen LogP) is 2.83. The molecule has 0 aliphatic carbocycles. The zero-order valence-electron chi connectivity index (χ0n) is 10.0. The quantitative estimate of drug-likeness (QED) is 0.833. The van der Waals surface area contributed by atoms with Gasteiger partial charge < -0.3 is 9.32 Å². The highest BCUT2D eigenvalue weighted by Gasteiger charge is 2.13. The molecule has 0 unspecified atom stereocenters. The van der Waals surface area contributed by atoms with Gasteiger partial charge in [-0.05, 0) is 12.3 Å². The van der Waals surface area contributed by atoms with Crippen LogP contribution < -0.4 is 10.3 Å². The van der Waals surface area contributed by atoms with E-state index in [9.17, 15) is 4.79 Å². The van der Waals surface area contributed by atoms with E-state index in [1.54, 1.807) is 6.07 Å². The molecule has 2 heterocycles. The topological polar surface area (TPSA) is 33.5 Å². The van der Waals surface area contributed by atoms with E-state index in [4.69, 9.17) is 4.42 Å². The van der Waals surface area contributed by atoms with E-state index in [2.05, 4.69) is 25.3 Å². The Balaban J connectivity index is 2.49. The summed E-state index contributed by atoms with van der Waals surface area (Å²) in [4.78, 5) is 14.0. The maximum atomic E-state index is 12.0. The normalized spacial score (nSPS) is 11.1. The van der Waals surface area contributed by atoms with Crippen LogP contribution in [0.2, 0.25) is 0 Å². The van der Waals surface area contributed by atoms with Gasteiger partial charge in [0.1, 0.15) is 4.70 Å². The third kappa shape index (κ3) is 2.70. The Labute approximate surface area is 121 Å². The molecule has 2 aromatic rings. The number of aryl methyl sites for hydroxylation is 1. The first-order valence-electron chi connectivity index (χ1n) is 5.66. The summed E-state index contributed by atoms with van der Waals surface area (Å²) in [6.45, 7) is 3.43. The van der Waals surface area contributed by atoms with Crippen molar-refractivity contribution in [3.8, 4) is 0 Å². The fourth-order valence-corrected chi connectivity index (χ4v) is 3.14. The number of fused-ring (bicyclic) bond motifs is 1. The molecule has 3 nitrogen and oxygen atoms in total. The third-order valence-corrected chi connectivity index (χ3v) is 4.15. The molecule has 0 spiro atoms. The van der Waals surface area contributed by atoms with Crippen molar-refractivity contribution < 1.29 is 4.42 Å². The number of rotatable bonds is 5. The van der Waals surface area contributed by atoms with Gasteiger partial charge >= 0.3 is 0 Å². The molecule has 0 radical (unpaired) electrons. The summed E-state index contributed by atoms with van der Waals surface area (Å²) in [5.74, 6) is 2.02. The Kier molecular flexibility index (Phi) is 4.64. The zero-order chi connectivity index (χ0) is 13.1. The highest BCUT2D eigenvalue weighted by atomic mass is 32.1. The lowest BCUT2D eigenvalue weighted by Crippen LogP contribution is -2.28. The van der Waals surface area contributed by atoms with Crippen LogP contribution in [0.25, 0.3) is 10.3 Å². The average Bonchev–Trinajstić information content (AvgIpc) is 2.72. The van der Waals surface area contributed by atoms with Crippen LogP contribution in [0.5, 0.6) is 0 Å². The van der Waals surface area contributed by atoms with Crippen molar-refractivity contribution in [2.75, 3.05) is 29.5 Å². The van der Waals surface area contributed by atoms with Crippen LogP contribution in [0.4, 0.5) is 5.88 Å². The summed E-state index contributed by atoms with van der Waals surface area (Å²) in [7, 11) is 0. The number of nitrogens with zero attached hydrogens (tertiary/aromatic N) is 1. The molecule has 0 atom stereocenters. The van der Waals surface area contributed by atoms with Gasteiger partial charge in [0.05, 0.1) is 0 Å². The minimum atomic E-state index is 0.0210. The van der Waals surface area contributed by atoms with Crippen molar-refractivity contribution in [1.82, 2.24) is 0 Å². The summed E-state index contributed by atoms with van der Waals surface area (Å²) in [6.07, 6.45) is 0. The molecule has 2 rings (SSSR count). The molecule has 2 aromatic heterocycles. The molecule has 98 valence electrons. The number of thiophene rings is 1. The van der Waals surface area contributed by atoms with Crippen molar-refractivity contribution in [3.63, 3.8) is 0 Å². The van der Waals surface area contributed by atoms with Gasteiger partial charge in [-0.25, -0.2) is 0 Å². The number of anilines is 1.